The summed E-state index contributed by atoms with van der Waals surface area (Å²) in [6.07, 6.45) is 0. The molecule has 3 nitrogen and oxygen atoms in total. The standard InChI is InChI=1S/C8H8ClNO2/c9-8(12,7(10)11)6-4-2-1-3-5-6/h1-5,12H,(H2,10,11). The highest BCUT2D eigenvalue weighted by molar-refractivity contribution is 6.33. The number of nitrogens with two attached hydrogens (primary N) is 1. The Balaban J connectivity index is 3.06. The minimum absolute atomic E-state index is 0.277. The van der Waals surface area contributed by atoms with Gasteiger partial charge in [-0.2, -0.15) is 0 Å². The average Bonchev–Trinajstić information content (AvgIpc) is 2.06. The summed E-state index contributed by atoms with van der Waals surface area (Å²) in [7, 11) is 0. The summed E-state index contributed by atoms with van der Waals surface area (Å²) in [4.78, 5) is 10.7. The van der Waals surface area contributed by atoms with E-state index in [4.69, 9.17) is 17.3 Å². The van der Waals surface area contributed by atoms with Crippen molar-refractivity contribution < 1.29 is 9.90 Å². The van der Waals surface area contributed by atoms with Crippen molar-refractivity contribution in [2.45, 2.75) is 5.06 Å². The molecule has 0 spiro atoms. The number of amides is 1. The highest BCUT2D eigenvalue weighted by Crippen LogP contribution is 2.24. The lowest BCUT2D eigenvalue weighted by Crippen LogP contribution is -2.35. The molecule has 0 heterocycles. The van der Waals surface area contributed by atoms with Gasteiger partial charge in [0.25, 0.3) is 5.91 Å². The van der Waals surface area contributed by atoms with Crippen LogP contribution in [0.2, 0.25) is 0 Å². The van der Waals surface area contributed by atoms with E-state index >= 15 is 0 Å². The van der Waals surface area contributed by atoms with Crippen molar-refractivity contribution >= 4 is 17.5 Å². The zero-order valence-electron chi connectivity index (χ0n) is 6.20. The van der Waals surface area contributed by atoms with E-state index in [1.807, 2.05) is 0 Å². The summed E-state index contributed by atoms with van der Waals surface area (Å²) >= 11 is 5.48. The first kappa shape index (κ1) is 9.03. The van der Waals surface area contributed by atoms with Crippen LogP contribution < -0.4 is 5.73 Å². The minimum Gasteiger partial charge on any atom is -0.366 e. The number of carbonyl (C=O) groups excluding carboxylic acids is 1. The van der Waals surface area contributed by atoms with Crippen molar-refractivity contribution in [3.8, 4) is 0 Å². The van der Waals surface area contributed by atoms with Gasteiger partial charge in [-0.25, -0.2) is 0 Å². The van der Waals surface area contributed by atoms with Crippen LogP contribution in [0, 0.1) is 0 Å². The average molecular weight is 186 g/mol. The molecular weight excluding hydrogens is 178 g/mol. The van der Waals surface area contributed by atoms with Crippen molar-refractivity contribution in [1.82, 2.24) is 0 Å². The smallest absolute Gasteiger partial charge is 0.270 e. The molecule has 1 aromatic rings. The van der Waals surface area contributed by atoms with E-state index in [1.54, 1.807) is 18.2 Å². The molecule has 0 fully saturated rings. The van der Waals surface area contributed by atoms with Gasteiger partial charge in [0.1, 0.15) is 0 Å². The van der Waals surface area contributed by atoms with Crippen molar-refractivity contribution in [2.24, 2.45) is 5.73 Å². The molecule has 1 aromatic carbocycles. The molecule has 4 heteroatoms. The number of hydrogen-bond acceptors (Lipinski definition) is 2. The molecule has 12 heavy (non-hydrogen) atoms. The number of aliphatic hydroxyl groups is 1. The topological polar surface area (TPSA) is 63.3 Å². The van der Waals surface area contributed by atoms with E-state index in [1.165, 1.54) is 12.1 Å². The fraction of sp³-hybridized carbons (Fsp3) is 0.125. The Morgan fingerprint density at radius 3 is 2.33 bits per heavy atom. The maximum absolute atomic E-state index is 10.7. The maximum atomic E-state index is 10.7. The second-order valence-corrected chi connectivity index (χ2v) is 2.90. The molecule has 1 unspecified atom stereocenters. The van der Waals surface area contributed by atoms with Gasteiger partial charge in [0.15, 0.2) is 0 Å². The first-order valence-corrected chi connectivity index (χ1v) is 3.69. The van der Waals surface area contributed by atoms with Crippen LogP contribution in [0.5, 0.6) is 0 Å². The van der Waals surface area contributed by atoms with Gasteiger partial charge in [-0.1, -0.05) is 41.9 Å². The summed E-state index contributed by atoms with van der Waals surface area (Å²) in [6.45, 7) is 0. The molecule has 0 aliphatic rings. The van der Waals surface area contributed by atoms with Crippen molar-refractivity contribution in [3.05, 3.63) is 35.9 Å². The van der Waals surface area contributed by atoms with Crippen LogP contribution in [0.3, 0.4) is 0 Å². The number of rotatable bonds is 2. The summed E-state index contributed by atoms with van der Waals surface area (Å²) in [5.41, 5.74) is 5.16. The molecule has 0 aliphatic heterocycles. The molecule has 0 radical (unpaired) electrons. The van der Waals surface area contributed by atoms with Crippen LogP contribution in [-0.4, -0.2) is 11.0 Å². The molecule has 0 bridgehead atoms. The van der Waals surface area contributed by atoms with Crippen molar-refractivity contribution in [3.63, 3.8) is 0 Å². The minimum atomic E-state index is -2.10. The summed E-state index contributed by atoms with van der Waals surface area (Å²) in [6, 6.07) is 8.12. The zero-order chi connectivity index (χ0) is 9.19. The zero-order valence-corrected chi connectivity index (χ0v) is 6.95. The Kier molecular flexibility index (Phi) is 2.35. The van der Waals surface area contributed by atoms with Crippen LogP contribution in [0.4, 0.5) is 0 Å². The van der Waals surface area contributed by atoms with Gasteiger partial charge in [-0.05, 0) is 0 Å². The first-order valence-electron chi connectivity index (χ1n) is 3.32. The van der Waals surface area contributed by atoms with Gasteiger partial charge >= 0.3 is 0 Å². The molecule has 3 N–H and O–H groups in total. The van der Waals surface area contributed by atoms with Crippen LogP contribution in [0.1, 0.15) is 5.56 Å². The van der Waals surface area contributed by atoms with Crippen molar-refractivity contribution in [1.29, 1.82) is 0 Å². The van der Waals surface area contributed by atoms with Gasteiger partial charge < -0.3 is 10.8 Å². The largest absolute Gasteiger partial charge is 0.366 e. The second-order valence-electron chi connectivity index (χ2n) is 2.35. The summed E-state index contributed by atoms with van der Waals surface area (Å²) < 4.78 is 0. The van der Waals surface area contributed by atoms with E-state index < -0.39 is 11.0 Å². The summed E-state index contributed by atoms with van der Waals surface area (Å²) in [5, 5.41) is 7.26. The van der Waals surface area contributed by atoms with Gasteiger partial charge in [-0.3, -0.25) is 4.79 Å². The highest BCUT2D eigenvalue weighted by Gasteiger charge is 2.32. The van der Waals surface area contributed by atoms with E-state index in [-0.39, 0.29) is 5.56 Å². The first-order chi connectivity index (χ1) is 5.55. The van der Waals surface area contributed by atoms with E-state index in [9.17, 15) is 9.90 Å². The quantitative estimate of drug-likeness (QED) is 0.662. The molecule has 1 rings (SSSR count). The van der Waals surface area contributed by atoms with Crippen LogP contribution in [-0.2, 0) is 9.85 Å². The number of benzene rings is 1. The van der Waals surface area contributed by atoms with Gasteiger partial charge in [0.05, 0.1) is 0 Å². The number of hydrogen-bond donors (Lipinski definition) is 2. The molecule has 1 amide bonds. The fourth-order valence-electron chi connectivity index (χ4n) is 0.801. The molecular formula is C8H8ClNO2. The number of carbonyl (C=O) groups is 1. The van der Waals surface area contributed by atoms with E-state index in [0.717, 1.165) is 0 Å². The monoisotopic (exact) mass is 185 g/mol. The van der Waals surface area contributed by atoms with Crippen molar-refractivity contribution in [2.75, 3.05) is 0 Å². The van der Waals surface area contributed by atoms with Gasteiger partial charge in [0, 0.05) is 5.56 Å². The lowest BCUT2D eigenvalue weighted by molar-refractivity contribution is -0.129. The lowest BCUT2D eigenvalue weighted by atomic mass is 10.1. The second kappa shape index (κ2) is 3.13. The number of primary amides is 1. The molecule has 64 valence electrons. The Hall–Kier alpha value is -1.06. The Morgan fingerprint density at radius 1 is 1.42 bits per heavy atom. The Bertz CT molecular complexity index is 284. The molecule has 0 saturated carbocycles. The SMILES string of the molecule is NC(=O)C(O)(Cl)c1ccccc1. The molecule has 1 atom stereocenters. The third kappa shape index (κ3) is 1.57. The number of alkyl halides is 1. The fourth-order valence-corrected chi connectivity index (χ4v) is 0.927. The Labute approximate surface area is 74.8 Å². The molecule has 0 saturated heterocycles. The maximum Gasteiger partial charge on any atom is 0.270 e. The van der Waals surface area contributed by atoms with E-state index in [2.05, 4.69) is 0 Å². The third-order valence-corrected chi connectivity index (χ3v) is 1.89. The highest BCUT2D eigenvalue weighted by atomic mass is 35.5. The normalized spacial score (nSPS) is 15.2. The summed E-state index contributed by atoms with van der Waals surface area (Å²) in [5.74, 6) is -0.977. The van der Waals surface area contributed by atoms with E-state index in [0.29, 0.717) is 0 Å². The van der Waals surface area contributed by atoms with Crippen LogP contribution >= 0.6 is 11.6 Å². The molecule has 0 aliphatic carbocycles. The van der Waals surface area contributed by atoms with Crippen LogP contribution in [0.25, 0.3) is 0 Å². The van der Waals surface area contributed by atoms with Gasteiger partial charge in [0.2, 0.25) is 5.06 Å². The Morgan fingerprint density at radius 2 is 1.92 bits per heavy atom. The molecule has 0 aromatic heterocycles. The third-order valence-electron chi connectivity index (χ3n) is 1.48. The predicted octanol–water partition coefficient (Wildman–Crippen LogP) is 0.556. The van der Waals surface area contributed by atoms with Gasteiger partial charge in [-0.15, -0.1) is 0 Å². The lowest BCUT2D eigenvalue weighted by Gasteiger charge is -2.15. The van der Waals surface area contributed by atoms with Crippen LogP contribution in [0.15, 0.2) is 30.3 Å². The number of halogens is 1. The predicted molar refractivity (Wildman–Crippen MR) is 45.4 cm³/mol.